The third-order valence-electron chi connectivity index (χ3n) is 1.97. The Labute approximate surface area is 97.4 Å². The molecule has 0 amide bonds. The number of aliphatic hydroxyl groups is 1. The molecule has 0 aromatic heterocycles. The quantitative estimate of drug-likeness (QED) is 0.887. The molecule has 0 saturated heterocycles. The standard InChI is InChI=1S/C10H13BrClNO/c1-2-13-10(6-14)8-4-3-7(11)5-9(8)12/h3-5,10,13-14H,2,6H2,1H3. The van der Waals surface area contributed by atoms with Crippen molar-refractivity contribution in [1.82, 2.24) is 5.32 Å². The maximum Gasteiger partial charge on any atom is 0.0627 e. The van der Waals surface area contributed by atoms with Gasteiger partial charge in [-0.05, 0) is 24.2 Å². The first-order valence-electron chi connectivity index (χ1n) is 4.48. The lowest BCUT2D eigenvalue weighted by molar-refractivity contribution is 0.246. The van der Waals surface area contributed by atoms with Gasteiger partial charge in [0.05, 0.1) is 12.6 Å². The fourth-order valence-corrected chi connectivity index (χ4v) is 2.11. The molecule has 2 N–H and O–H groups in total. The normalized spacial score (nSPS) is 12.9. The minimum atomic E-state index is -0.0828. The number of hydrogen-bond donors (Lipinski definition) is 2. The summed E-state index contributed by atoms with van der Waals surface area (Å²) in [7, 11) is 0. The summed E-state index contributed by atoms with van der Waals surface area (Å²) in [5.41, 5.74) is 0.930. The molecule has 78 valence electrons. The molecule has 1 atom stereocenters. The zero-order valence-electron chi connectivity index (χ0n) is 7.93. The van der Waals surface area contributed by atoms with Gasteiger partial charge in [-0.3, -0.25) is 0 Å². The van der Waals surface area contributed by atoms with Crippen LogP contribution in [0.3, 0.4) is 0 Å². The molecule has 1 rings (SSSR count). The topological polar surface area (TPSA) is 32.3 Å². The Morgan fingerprint density at radius 1 is 1.57 bits per heavy atom. The second-order valence-electron chi connectivity index (χ2n) is 2.96. The average molecular weight is 279 g/mol. The number of rotatable bonds is 4. The molecule has 0 aliphatic carbocycles. The lowest BCUT2D eigenvalue weighted by atomic mass is 10.1. The van der Waals surface area contributed by atoms with Gasteiger partial charge in [-0.1, -0.05) is 40.5 Å². The number of benzene rings is 1. The van der Waals surface area contributed by atoms with Gasteiger partial charge in [0, 0.05) is 9.50 Å². The molecule has 0 saturated carbocycles. The molecule has 0 spiro atoms. The summed E-state index contributed by atoms with van der Waals surface area (Å²) in [6, 6.07) is 5.58. The lowest BCUT2D eigenvalue weighted by Gasteiger charge is -2.16. The van der Waals surface area contributed by atoms with Gasteiger partial charge in [-0.25, -0.2) is 0 Å². The zero-order chi connectivity index (χ0) is 10.6. The van der Waals surface area contributed by atoms with Crippen LogP contribution in [0.1, 0.15) is 18.5 Å². The first-order valence-corrected chi connectivity index (χ1v) is 5.65. The highest BCUT2D eigenvalue weighted by atomic mass is 79.9. The van der Waals surface area contributed by atoms with Crippen molar-refractivity contribution in [2.75, 3.05) is 13.2 Å². The van der Waals surface area contributed by atoms with Gasteiger partial charge in [0.25, 0.3) is 0 Å². The minimum Gasteiger partial charge on any atom is -0.394 e. The van der Waals surface area contributed by atoms with Gasteiger partial charge < -0.3 is 10.4 Å². The monoisotopic (exact) mass is 277 g/mol. The SMILES string of the molecule is CCNC(CO)c1ccc(Br)cc1Cl. The number of likely N-dealkylation sites (N-methyl/N-ethyl adjacent to an activating group) is 1. The summed E-state index contributed by atoms with van der Waals surface area (Å²) < 4.78 is 0.944. The summed E-state index contributed by atoms with van der Waals surface area (Å²) in [5.74, 6) is 0. The molecule has 1 unspecified atom stereocenters. The molecule has 0 bridgehead atoms. The van der Waals surface area contributed by atoms with Crippen LogP contribution in [0.2, 0.25) is 5.02 Å². The predicted octanol–water partition coefficient (Wildman–Crippen LogP) is 2.75. The van der Waals surface area contributed by atoms with Crippen LogP contribution in [-0.2, 0) is 0 Å². The highest BCUT2D eigenvalue weighted by molar-refractivity contribution is 9.10. The fraction of sp³-hybridized carbons (Fsp3) is 0.400. The van der Waals surface area contributed by atoms with Gasteiger partial charge in [0.2, 0.25) is 0 Å². The van der Waals surface area contributed by atoms with E-state index in [0.717, 1.165) is 16.6 Å². The third-order valence-corrected chi connectivity index (χ3v) is 2.79. The van der Waals surface area contributed by atoms with E-state index in [9.17, 15) is 5.11 Å². The first-order chi connectivity index (χ1) is 6.69. The molecule has 2 nitrogen and oxygen atoms in total. The molecule has 0 fully saturated rings. The maximum absolute atomic E-state index is 9.17. The Morgan fingerprint density at radius 2 is 2.29 bits per heavy atom. The smallest absolute Gasteiger partial charge is 0.0627 e. The van der Waals surface area contributed by atoms with Crippen molar-refractivity contribution in [1.29, 1.82) is 0 Å². The van der Waals surface area contributed by atoms with Crippen LogP contribution >= 0.6 is 27.5 Å². The molecule has 0 aliphatic rings. The minimum absolute atomic E-state index is 0.0508. The zero-order valence-corrected chi connectivity index (χ0v) is 10.3. The van der Waals surface area contributed by atoms with Crippen LogP contribution in [0.15, 0.2) is 22.7 Å². The van der Waals surface area contributed by atoms with Crippen molar-refractivity contribution < 1.29 is 5.11 Å². The van der Waals surface area contributed by atoms with Crippen molar-refractivity contribution in [3.8, 4) is 0 Å². The molecule has 0 radical (unpaired) electrons. The van der Waals surface area contributed by atoms with E-state index in [4.69, 9.17) is 11.6 Å². The highest BCUT2D eigenvalue weighted by Crippen LogP contribution is 2.26. The van der Waals surface area contributed by atoms with E-state index in [-0.39, 0.29) is 12.6 Å². The number of hydrogen-bond acceptors (Lipinski definition) is 2. The summed E-state index contributed by atoms with van der Waals surface area (Å²) in [6.45, 7) is 2.85. The van der Waals surface area contributed by atoms with E-state index in [2.05, 4.69) is 21.2 Å². The number of nitrogens with one attached hydrogen (secondary N) is 1. The number of halogens is 2. The summed E-state index contributed by atoms with van der Waals surface area (Å²) in [4.78, 5) is 0. The summed E-state index contributed by atoms with van der Waals surface area (Å²) in [5, 5.41) is 13.0. The first kappa shape index (κ1) is 12.0. The number of aliphatic hydroxyl groups excluding tert-OH is 1. The maximum atomic E-state index is 9.17. The van der Waals surface area contributed by atoms with E-state index in [1.165, 1.54) is 0 Å². The Balaban J connectivity index is 2.92. The predicted molar refractivity (Wildman–Crippen MR) is 62.7 cm³/mol. The van der Waals surface area contributed by atoms with Crippen molar-refractivity contribution in [2.24, 2.45) is 0 Å². The molecule has 0 aliphatic heterocycles. The Kier molecular flexibility index (Phi) is 4.89. The van der Waals surface area contributed by atoms with E-state index in [1.807, 2.05) is 25.1 Å². The Hall–Kier alpha value is -0.0900. The van der Waals surface area contributed by atoms with Crippen LogP contribution in [0.4, 0.5) is 0 Å². The molecule has 0 heterocycles. The lowest BCUT2D eigenvalue weighted by Crippen LogP contribution is -2.24. The fourth-order valence-electron chi connectivity index (χ4n) is 1.30. The van der Waals surface area contributed by atoms with Crippen molar-refractivity contribution in [3.63, 3.8) is 0 Å². The van der Waals surface area contributed by atoms with E-state index in [1.54, 1.807) is 0 Å². The van der Waals surface area contributed by atoms with Crippen molar-refractivity contribution in [2.45, 2.75) is 13.0 Å². The Bertz CT molecular complexity index is 306. The van der Waals surface area contributed by atoms with E-state index in [0.29, 0.717) is 5.02 Å². The summed E-state index contributed by atoms with van der Waals surface area (Å²) in [6.07, 6.45) is 0. The van der Waals surface area contributed by atoms with Crippen LogP contribution in [0.5, 0.6) is 0 Å². The van der Waals surface area contributed by atoms with Gasteiger partial charge >= 0.3 is 0 Å². The third kappa shape index (κ3) is 2.95. The largest absolute Gasteiger partial charge is 0.394 e. The van der Waals surface area contributed by atoms with Crippen LogP contribution in [0.25, 0.3) is 0 Å². The van der Waals surface area contributed by atoms with Gasteiger partial charge in [-0.2, -0.15) is 0 Å². The van der Waals surface area contributed by atoms with Gasteiger partial charge in [0.15, 0.2) is 0 Å². The molecule has 4 heteroatoms. The van der Waals surface area contributed by atoms with Crippen LogP contribution in [0, 0.1) is 0 Å². The molecular weight excluding hydrogens is 265 g/mol. The molecule has 1 aromatic rings. The average Bonchev–Trinajstić information content (AvgIpc) is 2.15. The molecule has 14 heavy (non-hydrogen) atoms. The molecule has 1 aromatic carbocycles. The van der Waals surface area contributed by atoms with Crippen molar-refractivity contribution in [3.05, 3.63) is 33.3 Å². The van der Waals surface area contributed by atoms with E-state index >= 15 is 0 Å². The van der Waals surface area contributed by atoms with Crippen LogP contribution < -0.4 is 5.32 Å². The van der Waals surface area contributed by atoms with E-state index < -0.39 is 0 Å². The second kappa shape index (κ2) is 5.71. The summed E-state index contributed by atoms with van der Waals surface area (Å²) >= 11 is 9.40. The second-order valence-corrected chi connectivity index (χ2v) is 4.28. The van der Waals surface area contributed by atoms with Gasteiger partial charge in [-0.15, -0.1) is 0 Å². The highest BCUT2D eigenvalue weighted by Gasteiger charge is 2.12. The van der Waals surface area contributed by atoms with Gasteiger partial charge in [0.1, 0.15) is 0 Å². The van der Waals surface area contributed by atoms with Crippen molar-refractivity contribution >= 4 is 27.5 Å². The van der Waals surface area contributed by atoms with Crippen LogP contribution in [-0.4, -0.2) is 18.3 Å². The molecular formula is C10H13BrClNO. The Morgan fingerprint density at radius 3 is 2.79 bits per heavy atom.